The lowest BCUT2D eigenvalue weighted by Crippen LogP contribution is -2.47. The Kier molecular flexibility index (Phi) is 3.97. The monoisotopic (exact) mass is 279 g/mol. The van der Waals surface area contributed by atoms with Gasteiger partial charge >= 0.3 is 0 Å². The maximum absolute atomic E-state index is 11.7. The normalized spacial score (nSPS) is 18.4. The Morgan fingerprint density at radius 2 is 1.90 bits per heavy atom. The van der Waals surface area contributed by atoms with Gasteiger partial charge < -0.3 is 15.5 Å². The molecule has 0 saturated carbocycles. The summed E-state index contributed by atoms with van der Waals surface area (Å²) in [5.74, 6) is 0.549. The molecule has 0 bridgehead atoms. The predicted octanol–water partition coefficient (Wildman–Crippen LogP) is -0.804. The Labute approximate surface area is 116 Å². The maximum Gasteiger partial charge on any atom is 0.249 e. The number of hydrogen-bond acceptors (Lipinski definition) is 8. The summed E-state index contributed by atoms with van der Waals surface area (Å²) in [6.45, 7) is 0. The van der Waals surface area contributed by atoms with E-state index >= 15 is 0 Å². The number of anilines is 3. The molecule has 20 heavy (non-hydrogen) atoms. The molecule has 1 aromatic rings. The highest BCUT2D eigenvalue weighted by molar-refractivity contribution is 6.01. The molecule has 0 aliphatic carbocycles. The third-order valence-electron chi connectivity index (χ3n) is 2.79. The highest BCUT2D eigenvalue weighted by atomic mass is 16.2. The minimum atomic E-state index is -0.519. The lowest BCUT2D eigenvalue weighted by molar-refractivity contribution is -0.133. The molecule has 9 nitrogen and oxygen atoms in total. The van der Waals surface area contributed by atoms with Crippen LogP contribution < -0.4 is 20.9 Å². The molecule has 2 amide bonds. The van der Waals surface area contributed by atoms with Gasteiger partial charge in [0, 0.05) is 27.6 Å². The van der Waals surface area contributed by atoms with Gasteiger partial charge in [-0.3, -0.25) is 14.9 Å². The summed E-state index contributed by atoms with van der Waals surface area (Å²) in [5, 5.41) is 8.04. The Morgan fingerprint density at radius 1 is 1.20 bits per heavy atom. The van der Waals surface area contributed by atoms with E-state index in [0.717, 1.165) is 0 Å². The van der Waals surface area contributed by atoms with E-state index in [1.54, 1.807) is 11.9 Å². The van der Waals surface area contributed by atoms with Crippen molar-refractivity contribution >= 4 is 29.7 Å². The second kappa shape index (κ2) is 5.68. The molecule has 2 rings (SSSR count). The first-order chi connectivity index (χ1) is 9.49. The largest absolute Gasteiger partial charge is 0.357 e. The van der Waals surface area contributed by atoms with Gasteiger partial charge in [-0.1, -0.05) is 0 Å². The smallest absolute Gasteiger partial charge is 0.249 e. The molecule has 1 fully saturated rings. The quantitative estimate of drug-likeness (QED) is 0.614. The van der Waals surface area contributed by atoms with Crippen LogP contribution in [0.3, 0.4) is 0 Å². The van der Waals surface area contributed by atoms with Crippen molar-refractivity contribution in [2.24, 2.45) is 0 Å². The Bertz CT molecular complexity index is 532. The van der Waals surface area contributed by atoms with Crippen LogP contribution in [0.4, 0.5) is 17.8 Å². The fourth-order valence-corrected chi connectivity index (χ4v) is 1.73. The predicted molar refractivity (Wildman–Crippen MR) is 73.5 cm³/mol. The van der Waals surface area contributed by atoms with Gasteiger partial charge in [0.1, 0.15) is 6.04 Å². The van der Waals surface area contributed by atoms with Gasteiger partial charge in [0.15, 0.2) is 0 Å². The van der Waals surface area contributed by atoms with E-state index in [-0.39, 0.29) is 11.8 Å². The number of nitrogens with one attached hydrogen (secondary N) is 3. The summed E-state index contributed by atoms with van der Waals surface area (Å²) >= 11 is 0. The number of amides is 2. The summed E-state index contributed by atoms with van der Waals surface area (Å²) in [6.07, 6.45) is 0.719. The van der Waals surface area contributed by atoms with Crippen LogP contribution in [0.2, 0.25) is 0 Å². The van der Waals surface area contributed by atoms with Gasteiger partial charge in [-0.2, -0.15) is 15.0 Å². The van der Waals surface area contributed by atoms with Gasteiger partial charge in [-0.05, 0) is 6.42 Å². The molecule has 1 aromatic heterocycles. The van der Waals surface area contributed by atoms with Gasteiger partial charge in [0.25, 0.3) is 0 Å². The zero-order valence-corrected chi connectivity index (χ0v) is 11.6. The summed E-state index contributed by atoms with van der Waals surface area (Å²) in [5.41, 5.74) is 0. The number of imide groups is 1. The average Bonchev–Trinajstić information content (AvgIpc) is 2.41. The highest BCUT2D eigenvalue weighted by Crippen LogP contribution is 2.14. The summed E-state index contributed by atoms with van der Waals surface area (Å²) in [6, 6.07) is -0.519. The number of carbonyl (C=O) groups is 2. The molecule has 1 saturated heterocycles. The molecule has 0 aromatic carbocycles. The van der Waals surface area contributed by atoms with E-state index in [4.69, 9.17) is 0 Å². The number of aromatic nitrogens is 3. The Balaban J connectivity index is 2.18. The van der Waals surface area contributed by atoms with E-state index < -0.39 is 6.04 Å². The maximum atomic E-state index is 11.7. The molecular formula is C11H17N7O2. The number of piperidine rings is 1. The molecule has 3 N–H and O–H groups in total. The average molecular weight is 279 g/mol. The van der Waals surface area contributed by atoms with E-state index in [9.17, 15) is 9.59 Å². The summed E-state index contributed by atoms with van der Waals surface area (Å²) in [4.78, 5) is 37.1. The molecule has 108 valence electrons. The lowest BCUT2D eigenvalue weighted by atomic mass is 10.1. The van der Waals surface area contributed by atoms with E-state index in [2.05, 4.69) is 30.9 Å². The highest BCUT2D eigenvalue weighted by Gasteiger charge is 2.27. The number of carbonyl (C=O) groups excluding carboxylic acids is 2. The first-order valence-electron chi connectivity index (χ1n) is 6.21. The van der Waals surface area contributed by atoms with E-state index in [0.29, 0.717) is 30.7 Å². The van der Waals surface area contributed by atoms with Crippen molar-refractivity contribution in [3.8, 4) is 0 Å². The minimum Gasteiger partial charge on any atom is -0.357 e. The topological polar surface area (TPSA) is 112 Å². The molecule has 1 unspecified atom stereocenters. The van der Waals surface area contributed by atoms with Gasteiger partial charge in [-0.15, -0.1) is 0 Å². The van der Waals surface area contributed by atoms with Crippen molar-refractivity contribution in [2.75, 3.05) is 36.7 Å². The second-order valence-electron chi connectivity index (χ2n) is 4.58. The van der Waals surface area contributed by atoms with Crippen molar-refractivity contribution in [1.82, 2.24) is 20.3 Å². The van der Waals surface area contributed by atoms with Gasteiger partial charge in [-0.25, -0.2) is 0 Å². The molecule has 2 heterocycles. The van der Waals surface area contributed by atoms with Crippen LogP contribution in [0.5, 0.6) is 0 Å². The summed E-state index contributed by atoms with van der Waals surface area (Å²) in [7, 11) is 5.32. The fraction of sp³-hybridized carbons (Fsp3) is 0.545. The minimum absolute atomic E-state index is 0.256. The van der Waals surface area contributed by atoms with Gasteiger partial charge in [0.2, 0.25) is 29.7 Å². The molecule has 1 aliphatic heterocycles. The molecule has 9 heteroatoms. The molecule has 0 radical (unpaired) electrons. The second-order valence-corrected chi connectivity index (χ2v) is 4.58. The molecule has 1 atom stereocenters. The van der Waals surface area contributed by atoms with E-state index in [1.165, 1.54) is 0 Å². The summed E-state index contributed by atoms with van der Waals surface area (Å²) < 4.78 is 0. The van der Waals surface area contributed by atoms with Crippen LogP contribution in [-0.4, -0.2) is 54.0 Å². The Hall–Kier alpha value is -2.45. The van der Waals surface area contributed by atoms with Crippen LogP contribution in [0, 0.1) is 0 Å². The zero-order chi connectivity index (χ0) is 14.7. The first-order valence-corrected chi connectivity index (χ1v) is 6.21. The third kappa shape index (κ3) is 3.11. The first kappa shape index (κ1) is 14.0. The van der Waals surface area contributed by atoms with Crippen LogP contribution in [0.1, 0.15) is 12.8 Å². The van der Waals surface area contributed by atoms with E-state index in [1.807, 2.05) is 14.1 Å². The van der Waals surface area contributed by atoms with Crippen molar-refractivity contribution < 1.29 is 9.59 Å². The zero-order valence-electron chi connectivity index (χ0n) is 11.6. The van der Waals surface area contributed by atoms with Crippen LogP contribution in [0.15, 0.2) is 0 Å². The van der Waals surface area contributed by atoms with Crippen molar-refractivity contribution in [1.29, 1.82) is 0 Å². The van der Waals surface area contributed by atoms with Crippen LogP contribution >= 0.6 is 0 Å². The van der Waals surface area contributed by atoms with Gasteiger partial charge in [0.05, 0.1) is 0 Å². The SMILES string of the molecule is CNc1nc(NC2CCC(=O)NC2=O)nc(N(C)C)n1. The van der Waals surface area contributed by atoms with Crippen molar-refractivity contribution in [2.45, 2.75) is 18.9 Å². The molecule has 1 aliphatic rings. The number of nitrogens with zero attached hydrogens (tertiary/aromatic N) is 4. The molecule has 0 spiro atoms. The molecular weight excluding hydrogens is 262 g/mol. The van der Waals surface area contributed by atoms with Crippen molar-refractivity contribution in [3.05, 3.63) is 0 Å². The number of rotatable bonds is 4. The fourth-order valence-electron chi connectivity index (χ4n) is 1.73. The van der Waals surface area contributed by atoms with Crippen LogP contribution in [0.25, 0.3) is 0 Å². The third-order valence-corrected chi connectivity index (χ3v) is 2.79. The standard InChI is InChI=1S/C11H17N7O2/c1-12-9-15-10(17-11(16-9)18(2)3)13-6-4-5-7(19)14-8(6)20/h6H,4-5H2,1-3H3,(H,14,19,20)(H2,12,13,15,16,17). The van der Waals surface area contributed by atoms with Crippen LogP contribution in [-0.2, 0) is 9.59 Å². The lowest BCUT2D eigenvalue weighted by Gasteiger charge is -2.22. The Morgan fingerprint density at radius 3 is 2.50 bits per heavy atom. The number of hydrogen-bond donors (Lipinski definition) is 3. The van der Waals surface area contributed by atoms with Crippen molar-refractivity contribution in [3.63, 3.8) is 0 Å².